The summed E-state index contributed by atoms with van der Waals surface area (Å²) in [7, 11) is -3.21. The summed E-state index contributed by atoms with van der Waals surface area (Å²) in [4.78, 5) is 13.0. The van der Waals surface area contributed by atoms with Gasteiger partial charge in [-0.1, -0.05) is 25.1 Å². The average Bonchev–Trinajstić information content (AvgIpc) is 2.65. The van der Waals surface area contributed by atoms with E-state index in [1.54, 1.807) is 24.3 Å². The van der Waals surface area contributed by atoms with E-state index in [9.17, 15) is 13.2 Å². The molecule has 1 amide bonds. The summed E-state index contributed by atoms with van der Waals surface area (Å²) in [6, 6.07) is 12.6. The molecule has 0 saturated carbocycles. The van der Waals surface area contributed by atoms with Crippen LogP contribution in [0.1, 0.15) is 59.3 Å². The van der Waals surface area contributed by atoms with E-state index in [0.29, 0.717) is 5.56 Å². The molecular formula is C21H25NO3S. The average molecular weight is 372 g/mol. The molecule has 0 heterocycles. The molecule has 5 heteroatoms. The zero-order valence-corrected chi connectivity index (χ0v) is 16.1. The number of benzene rings is 2. The Morgan fingerprint density at radius 2 is 1.69 bits per heavy atom. The Morgan fingerprint density at radius 1 is 1.04 bits per heavy atom. The van der Waals surface area contributed by atoms with Crippen LogP contribution in [0.3, 0.4) is 0 Å². The fraction of sp³-hybridized carbons (Fsp3) is 0.381. The van der Waals surface area contributed by atoms with Crippen molar-refractivity contribution >= 4 is 15.7 Å². The predicted octanol–water partition coefficient (Wildman–Crippen LogP) is 3.85. The molecule has 1 N–H and O–H groups in total. The summed E-state index contributed by atoms with van der Waals surface area (Å²) in [6.07, 6.45) is 6.47. The van der Waals surface area contributed by atoms with Crippen molar-refractivity contribution in [1.29, 1.82) is 0 Å². The second-order valence-corrected chi connectivity index (χ2v) is 8.98. The van der Waals surface area contributed by atoms with Crippen molar-refractivity contribution < 1.29 is 13.2 Å². The van der Waals surface area contributed by atoms with Gasteiger partial charge in [-0.3, -0.25) is 4.79 Å². The van der Waals surface area contributed by atoms with Crippen LogP contribution < -0.4 is 5.32 Å². The Kier molecular flexibility index (Phi) is 5.47. The van der Waals surface area contributed by atoms with Gasteiger partial charge >= 0.3 is 0 Å². The van der Waals surface area contributed by atoms with Gasteiger partial charge in [-0.25, -0.2) is 8.42 Å². The Bertz CT molecular complexity index is 901. The smallest absolute Gasteiger partial charge is 0.251 e. The molecule has 0 saturated heterocycles. The minimum absolute atomic E-state index is 0.0857. The van der Waals surface area contributed by atoms with E-state index in [1.165, 1.54) is 30.2 Å². The van der Waals surface area contributed by atoms with E-state index in [0.717, 1.165) is 24.8 Å². The highest BCUT2D eigenvalue weighted by atomic mass is 32.2. The quantitative estimate of drug-likeness (QED) is 0.868. The SMILES string of the molecule is CCC(NC(=O)c1ccc2c(c1)CCCC2)c1ccc(S(C)(=O)=O)cc1. The monoisotopic (exact) mass is 371 g/mol. The Labute approximate surface area is 155 Å². The second kappa shape index (κ2) is 7.62. The van der Waals surface area contributed by atoms with E-state index in [1.807, 2.05) is 19.1 Å². The van der Waals surface area contributed by atoms with Gasteiger partial charge < -0.3 is 5.32 Å². The van der Waals surface area contributed by atoms with Gasteiger partial charge in [0.1, 0.15) is 0 Å². The third-order valence-electron chi connectivity index (χ3n) is 5.03. The van der Waals surface area contributed by atoms with Gasteiger partial charge in [-0.05, 0) is 73.1 Å². The second-order valence-electron chi connectivity index (χ2n) is 6.97. The fourth-order valence-electron chi connectivity index (χ4n) is 3.48. The molecule has 1 unspecified atom stereocenters. The molecule has 0 fully saturated rings. The van der Waals surface area contributed by atoms with Gasteiger partial charge in [0.25, 0.3) is 5.91 Å². The van der Waals surface area contributed by atoms with Gasteiger partial charge in [0.05, 0.1) is 10.9 Å². The van der Waals surface area contributed by atoms with E-state index in [4.69, 9.17) is 0 Å². The van der Waals surface area contributed by atoms with Crippen LogP contribution in [0, 0.1) is 0 Å². The highest BCUT2D eigenvalue weighted by molar-refractivity contribution is 7.90. The highest BCUT2D eigenvalue weighted by Crippen LogP contribution is 2.23. The molecule has 4 nitrogen and oxygen atoms in total. The van der Waals surface area contributed by atoms with Crippen LogP contribution in [0.4, 0.5) is 0 Å². The minimum atomic E-state index is -3.21. The topological polar surface area (TPSA) is 63.2 Å². The minimum Gasteiger partial charge on any atom is -0.345 e. The fourth-order valence-corrected chi connectivity index (χ4v) is 4.12. The third kappa shape index (κ3) is 4.15. The Morgan fingerprint density at radius 3 is 2.31 bits per heavy atom. The van der Waals surface area contributed by atoms with Crippen molar-refractivity contribution in [2.24, 2.45) is 0 Å². The lowest BCUT2D eigenvalue weighted by Crippen LogP contribution is -2.28. The number of sulfone groups is 1. The predicted molar refractivity (Wildman–Crippen MR) is 103 cm³/mol. The molecule has 0 spiro atoms. The van der Waals surface area contributed by atoms with Crippen LogP contribution in [0.25, 0.3) is 0 Å². The van der Waals surface area contributed by atoms with Crippen molar-refractivity contribution in [1.82, 2.24) is 5.32 Å². The van der Waals surface area contributed by atoms with Crippen LogP contribution in [0.15, 0.2) is 47.4 Å². The number of rotatable bonds is 5. The summed E-state index contributed by atoms with van der Waals surface area (Å²) in [5, 5.41) is 3.08. The number of fused-ring (bicyclic) bond motifs is 1. The maximum atomic E-state index is 12.7. The zero-order valence-electron chi connectivity index (χ0n) is 15.3. The van der Waals surface area contributed by atoms with E-state index in [2.05, 4.69) is 11.4 Å². The molecule has 2 aromatic carbocycles. The summed E-state index contributed by atoms with van der Waals surface area (Å²) >= 11 is 0. The standard InChI is InChI=1S/C21H25NO3S/c1-3-20(16-10-12-19(13-11-16)26(2,24)25)22-21(23)18-9-8-15-6-4-5-7-17(15)14-18/h8-14,20H,3-7H2,1-2H3,(H,22,23). The number of aryl methyl sites for hydroxylation is 2. The number of hydrogen-bond acceptors (Lipinski definition) is 3. The molecule has 2 aromatic rings. The number of carbonyl (C=O) groups is 1. The maximum Gasteiger partial charge on any atom is 0.251 e. The first kappa shape index (κ1) is 18.6. The number of carbonyl (C=O) groups excluding carboxylic acids is 1. The molecule has 0 aliphatic heterocycles. The van der Waals surface area contributed by atoms with Crippen LogP contribution in [0.5, 0.6) is 0 Å². The number of hydrogen-bond donors (Lipinski definition) is 1. The molecular weight excluding hydrogens is 346 g/mol. The summed E-state index contributed by atoms with van der Waals surface area (Å²) in [5.74, 6) is -0.0857. The number of amides is 1. The first-order valence-electron chi connectivity index (χ1n) is 9.11. The van der Waals surface area contributed by atoms with E-state index < -0.39 is 9.84 Å². The molecule has 1 aliphatic carbocycles. The summed E-state index contributed by atoms with van der Waals surface area (Å²) < 4.78 is 23.2. The lowest BCUT2D eigenvalue weighted by atomic mass is 9.90. The van der Waals surface area contributed by atoms with Gasteiger partial charge in [-0.2, -0.15) is 0 Å². The van der Waals surface area contributed by atoms with Crippen molar-refractivity contribution in [3.63, 3.8) is 0 Å². The summed E-state index contributed by atoms with van der Waals surface area (Å²) in [6.45, 7) is 2.00. The van der Waals surface area contributed by atoms with Crippen LogP contribution >= 0.6 is 0 Å². The lowest BCUT2D eigenvalue weighted by molar-refractivity contribution is 0.0935. The lowest BCUT2D eigenvalue weighted by Gasteiger charge is -2.20. The molecule has 3 rings (SSSR count). The van der Waals surface area contributed by atoms with Crippen LogP contribution in [-0.2, 0) is 22.7 Å². The van der Waals surface area contributed by atoms with Gasteiger partial charge in [-0.15, -0.1) is 0 Å². The van der Waals surface area contributed by atoms with Crippen LogP contribution in [0.2, 0.25) is 0 Å². The van der Waals surface area contributed by atoms with Crippen molar-refractivity contribution in [2.45, 2.75) is 50.0 Å². The zero-order chi connectivity index (χ0) is 18.7. The molecule has 0 bridgehead atoms. The molecule has 0 aromatic heterocycles. The van der Waals surface area contributed by atoms with E-state index >= 15 is 0 Å². The van der Waals surface area contributed by atoms with Gasteiger partial charge in [0.15, 0.2) is 9.84 Å². The van der Waals surface area contributed by atoms with E-state index in [-0.39, 0.29) is 16.8 Å². The normalized spacial score (nSPS) is 15.2. The molecule has 0 radical (unpaired) electrons. The van der Waals surface area contributed by atoms with Crippen molar-refractivity contribution in [2.75, 3.05) is 6.26 Å². The van der Waals surface area contributed by atoms with Crippen molar-refractivity contribution in [3.05, 3.63) is 64.7 Å². The van der Waals surface area contributed by atoms with Crippen molar-refractivity contribution in [3.8, 4) is 0 Å². The molecule has 1 aliphatic rings. The Hall–Kier alpha value is -2.14. The molecule has 26 heavy (non-hydrogen) atoms. The van der Waals surface area contributed by atoms with Gasteiger partial charge in [0.2, 0.25) is 0 Å². The van der Waals surface area contributed by atoms with Gasteiger partial charge in [0, 0.05) is 11.8 Å². The molecule has 138 valence electrons. The van der Waals surface area contributed by atoms with Crippen LogP contribution in [-0.4, -0.2) is 20.6 Å². The maximum absolute atomic E-state index is 12.7. The first-order chi connectivity index (χ1) is 12.4. The summed E-state index contributed by atoms with van der Waals surface area (Å²) in [5.41, 5.74) is 4.24. The third-order valence-corrected chi connectivity index (χ3v) is 6.16. The first-order valence-corrected chi connectivity index (χ1v) is 11.0. The Balaban J connectivity index is 1.76. The number of nitrogens with one attached hydrogen (secondary N) is 1. The largest absolute Gasteiger partial charge is 0.345 e. The highest BCUT2D eigenvalue weighted by Gasteiger charge is 2.17. The molecule has 1 atom stereocenters.